The molecule has 0 saturated carbocycles. The number of benzene rings is 1. The summed E-state index contributed by atoms with van der Waals surface area (Å²) in [5, 5.41) is 18.6. The van der Waals surface area contributed by atoms with E-state index in [2.05, 4.69) is 50.8 Å². The zero-order valence-electron chi connectivity index (χ0n) is 24.0. The average molecular weight is 616 g/mol. The van der Waals surface area contributed by atoms with Crippen LogP contribution >= 0.6 is 0 Å². The van der Waals surface area contributed by atoms with Crippen molar-refractivity contribution in [2.75, 3.05) is 0 Å². The standard InChI is InChI=1S/C29H33N11O5/c30-21(5-16-9-34-22-4-2-1-3-20(16)22)26(41)38-23(6-17-10-31-13-35-17)27(42)39-24(7-18-11-32-14-36-18)28(43)40-25(29(44)45)8-19-12-33-15-37-19/h1-4,9-15,21,23-25,34H,5-8,30H2,(H,31,35)(H,32,36)(H,33,37)(H,38,41)(H,39,42)(H,40,43)(H,44,45). The molecule has 4 atom stereocenters. The lowest BCUT2D eigenvalue weighted by Gasteiger charge is -2.25. The van der Waals surface area contributed by atoms with Crippen molar-refractivity contribution in [3.05, 3.63) is 90.7 Å². The largest absolute Gasteiger partial charge is 0.480 e. The molecule has 5 aromatic rings. The summed E-state index contributed by atoms with van der Waals surface area (Å²) in [5.74, 6) is -3.26. The number of fused-ring (bicyclic) bond motifs is 1. The quantitative estimate of drug-likeness (QED) is 0.0733. The molecule has 16 heteroatoms. The van der Waals surface area contributed by atoms with Crippen molar-refractivity contribution < 1.29 is 24.3 Å². The summed E-state index contributed by atoms with van der Waals surface area (Å²) in [5.41, 5.74) is 9.62. The Balaban J connectivity index is 1.31. The van der Waals surface area contributed by atoms with E-state index in [0.29, 0.717) is 17.1 Å². The van der Waals surface area contributed by atoms with Gasteiger partial charge in [0.1, 0.15) is 18.1 Å². The number of carbonyl (C=O) groups is 4. The Kier molecular flexibility index (Phi) is 9.64. The maximum absolute atomic E-state index is 13.7. The van der Waals surface area contributed by atoms with Crippen LogP contribution in [0, 0.1) is 0 Å². The summed E-state index contributed by atoms with van der Waals surface area (Å²) in [6.07, 6.45) is 10.7. The Labute approximate surface area is 256 Å². The van der Waals surface area contributed by atoms with Gasteiger partial charge in [-0.3, -0.25) is 14.4 Å². The van der Waals surface area contributed by atoms with Crippen LogP contribution in [0.1, 0.15) is 22.6 Å². The number of nitrogens with zero attached hydrogens (tertiary/aromatic N) is 3. The molecule has 3 amide bonds. The Hall–Kier alpha value is -5.77. The minimum atomic E-state index is -1.30. The lowest BCUT2D eigenvalue weighted by atomic mass is 10.0. The van der Waals surface area contributed by atoms with Gasteiger partial charge < -0.3 is 46.7 Å². The predicted octanol–water partition coefficient (Wildman–Crippen LogP) is -0.526. The number of aromatic amines is 4. The third-order valence-electron chi connectivity index (χ3n) is 7.27. The molecule has 234 valence electrons. The molecule has 0 spiro atoms. The summed E-state index contributed by atoms with van der Waals surface area (Å²) in [4.78, 5) is 75.9. The number of rotatable bonds is 15. The number of aromatic nitrogens is 7. The number of hydrogen-bond donors (Lipinski definition) is 9. The Morgan fingerprint density at radius 1 is 0.689 bits per heavy atom. The molecular weight excluding hydrogens is 582 g/mol. The first-order valence-corrected chi connectivity index (χ1v) is 14.1. The van der Waals surface area contributed by atoms with E-state index in [9.17, 15) is 24.3 Å². The van der Waals surface area contributed by atoms with Gasteiger partial charge >= 0.3 is 5.97 Å². The number of H-pyrrole nitrogens is 4. The smallest absolute Gasteiger partial charge is 0.326 e. The van der Waals surface area contributed by atoms with Crippen LogP contribution < -0.4 is 21.7 Å². The SMILES string of the molecule is NC(Cc1c[nH]c2ccccc12)C(=O)NC(Cc1cnc[nH]1)C(=O)NC(Cc1cnc[nH]1)C(=O)NC(Cc1cnc[nH]1)C(=O)O. The van der Waals surface area contributed by atoms with E-state index in [1.54, 1.807) is 6.20 Å². The van der Waals surface area contributed by atoms with Crippen molar-refractivity contribution in [3.63, 3.8) is 0 Å². The molecule has 0 fully saturated rings. The third-order valence-corrected chi connectivity index (χ3v) is 7.27. The van der Waals surface area contributed by atoms with Crippen molar-refractivity contribution in [1.82, 2.24) is 50.8 Å². The highest BCUT2D eigenvalue weighted by atomic mass is 16.4. The summed E-state index contributed by atoms with van der Waals surface area (Å²) in [6.45, 7) is 0. The minimum Gasteiger partial charge on any atom is -0.480 e. The number of hydrogen-bond acceptors (Lipinski definition) is 8. The summed E-state index contributed by atoms with van der Waals surface area (Å²) >= 11 is 0. The highest BCUT2D eigenvalue weighted by molar-refractivity contribution is 5.94. The fraction of sp³-hybridized carbons (Fsp3) is 0.276. The number of aliphatic carboxylic acids is 1. The van der Waals surface area contributed by atoms with Gasteiger partial charge in [0, 0.05) is 72.0 Å². The van der Waals surface area contributed by atoms with Gasteiger partial charge in [-0.05, 0) is 18.1 Å². The molecule has 5 rings (SSSR count). The van der Waals surface area contributed by atoms with E-state index in [4.69, 9.17) is 5.73 Å². The molecule has 0 aliphatic carbocycles. The maximum atomic E-state index is 13.7. The van der Waals surface area contributed by atoms with Gasteiger partial charge in [-0.25, -0.2) is 19.7 Å². The molecule has 0 aliphatic rings. The van der Waals surface area contributed by atoms with E-state index in [1.807, 2.05) is 24.3 Å². The van der Waals surface area contributed by atoms with Crippen molar-refractivity contribution in [2.24, 2.45) is 5.73 Å². The molecule has 0 bridgehead atoms. The van der Waals surface area contributed by atoms with Crippen molar-refractivity contribution in [2.45, 2.75) is 49.9 Å². The fourth-order valence-corrected chi connectivity index (χ4v) is 4.92. The van der Waals surface area contributed by atoms with Gasteiger partial charge in [0.15, 0.2) is 0 Å². The zero-order valence-corrected chi connectivity index (χ0v) is 24.0. The molecule has 16 nitrogen and oxygen atoms in total. The number of amides is 3. The predicted molar refractivity (Wildman–Crippen MR) is 160 cm³/mol. The van der Waals surface area contributed by atoms with Gasteiger partial charge in [0.25, 0.3) is 0 Å². The number of carbonyl (C=O) groups excluding carboxylic acids is 3. The molecule has 1 aromatic carbocycles. The molecule has 4 heterocycles. The molecule has 0 saturated heterocycles. The normalized spacial score (nSPS) is 13.9. The van der Waals surface area contributed by atoms with E-state index < -0.39 is 47.9 Å². The Bertz CT molecular complexity index is 1710. The Morgan fingerprint density at radius 3 is 1.69 bits per heavy atom. The van der Waals surface area contributed by atoms with E-state index in [-0.39, 0.29) is 25.7 Å². The second kappa shape index (κ2) is 14.1. The molecule has 0 aliphatic heterocycles. The van der Waals surface area contributed by atoms with E-state index in [0.717, 1.165) is 16.5 Å². The monoisotopic (exact) mass is 615 g/mol. The average Bonchev–Trinajstić information content (AvgIpc) is 3.85. The summed E-state index contributed by atoms with van der Waals surface area (Å²) in [6, 6.07) is 2.98. The molecular formula is C29H33N11O5. The van der Waals surface area contributed by atoms with Gasteiger partial charge in [0.05, 0.1) is 25.0 Å². The highest BCUT2D eigenvalue weighted by Crippen LogP contribution is 2.19. The molecule has 4 unspecified atom stereocenters. The van der Waals surface area contributed by atoms with E-state index in [1.165, 1.54) is 37.6 Å². The highest BCUT2D eigenvalue weighted by Gasteiger charge is 2.31. The van der Waals surface area contributed by atoms with Crippen LogP contribution in [-0.2, 0) is 44.9 Å². The lowest BCUT2D eigenvalue weighted by molar-refractivity contribution is -0.142. The topological polar surface area (TPSA) is 252 Å². The fourth-order valence-electron chi connectivity index (χ4n) is 4.92. The van der Waals surface area contributed by atoms with Gasteiger partial charge in [-0.1, -0.05) is 18.2 Å². The minimum absolute atomic E-state index is 0.0212. The van der Waals surface area contributed by atoms with Gasteiger partial charge in [-0.15, -0.1) is 0 Å². The summed E-state index contributed by atoms with van der Waals surface area (Å²) < 4.78 is 0. The van der Waals surface area contributed by atoms with Crippen molar-refractivity contribution in [3.8, 4) is 0 Å². The Morgan fingerprint density at radius 2 is 1.18 bits per heavy atom. The van der Waals surface area contributed by atoms with Crippen LogP contribution in [-0.4, -0.2) is 87.9 Å². The van der Waals surface area contributed by atoms with Gasteiger partial charge in [0.2, 0.25) is 17.7 Å². The van der Waals surface area contributed by atoms with Crippen LogP contribution in [0.5, 0.6) is 0 Å². The maximum Gasteiger partial charge on any atom is 0.326 e. The third kappa shape index (κ3) is 7.99. The van der Waals surface area contributed by atoms with E-state index >= 15 is 0 Å². The summed E-state index contributed by atoms with van der Waals surface area (Å²) in [7, 11) is 0. The van der Waals surface area contributed by atoms with Gasteiger partial charge in [-0.2, -0.15) is 0 Å². The van der Waals surface area contributed by atoms with Crippen molar-refractivity contribution in [1.29, 1.82) is 0 Å². The van der Waals surface area contributed by atoms with Crippen molar-refractivity contribution >= 4 is 34.6 Å². The molecule has 4 aromatic heterocycles. The van der Waals surface area contributed by atoms with Crippen LogP contribution in [0.2, 0.25) is 0 Å². The number of imidazole rings is 3. The molecule has 45 heavy (non-hydrogen) atoms. The van der Waals surface area contributed by atoms with Crippen LogP contribution in [0.3, 0.4) is 0 Å². The zero-order chi connectivity index (χ0) is 31.8. The number of nitrogens with one attached hydrogen (secondary N) is 7. The van der Waals surface area contributed by atoms with Crippen LogP contribution in [0.25, 0.3) is 10.9 Å². The number of carboxylic acid groups (broad SMARTS) is 1. The second-order valence-electron chi connectivity index (χ2n) is 10.5. The van der Waals surface area contributed by atoms with Crippen LogP contribution in [0.15, 0.2) is 68.0 Å². The lowest BCUT2D eigenvalue weighted by Crippen LogP contribution is -2.58. The first-order valence-electron chi connectivity index (χ1n) is 14.1. The number of carboxylic acids is 1. The first kappa shape index (κ1) is 30.7. The molecule has 10 N–H and O–H groups in total. The first-order chi connectivity index (χ1) is 21.8. The van der Waals surface area contributed by atoms with Crippen LogP contribution in [0.4, 0.5) is 0 Å². The molecule has 0 radical (unpaired) electrons. The number of para-hydroxylation sites is 1. The second-order valence-corrected chi connectivity index (χ2v) is 10.5. The number of nitrogens with two attached hydrogens (primary N) is 1.